The van der Waals surface area contributed by atoms with E-state index in [0.717, 1.165) is 29.2 Å². The molecule has 0 aromatic heterocycles. The van der Waals surface area contributed by atoms with Crippen LogP contribution < -0.4 is 16.4 Å². The van der Waals surface area contributed by atoms with Crippen LogP contribution in [0.15, 0.2) is 66.7 Å². The SMILES string of the molecule is NCCC[C@H]1N[C@@H](CNC(=O)c2ccc3ccccc3c2)CCN(Cc2ccccc2Cl)C1=O. The van der Waals surface area contributed by atoms with Crippen LogP contribution in [0.25, 0.3) is 10.8 Å². The number of fused-ring (bicyclic) bond motifs is 1. The molecule has 4 rings (SSSR count). The number of amides is 2. The van der Waals surface area contributed by atoms with Gasteiger partial charge in [-0.2, -0.15) is 0 Å². The molecule has 0 unspecified atom stereocenters. The van der Waals surface area contributed by atoms with Crippen molar-refractivity contribution in [1.82, 2.24) is 15.5 Å². The lowest BCUT2D eigenvalue weighted by molar-refractivity contribution is -0.133. The largest absolute Gasteiger partial charge is 0.350 e. The van der Waals surface area contributed by atoms with Crippen LogP contribution in [0.4, 0.5) is 0 Å². The zero-order valence-corrected chi connectivity index (χ0v) is 19.9. The fraction of sp³-hybridized carbons (Fsp3) is 0.333. The molecule has 3 aromatic rings. The molecular formula is C27H31ClN4O2. The lowest BCUT2D eigenvalue weighted by Crippen LogP contribution is -2.48. The van der Waals surface area contributed by atoms with Crippen molar-refractivity contribution in [3.63, 3.8) is 0 Å². The summed E-state index contributed by atoms with van der Waals surface area (Å²) in [6.45, 7) is 2.03. The van der Waals surface area contributed by atoms with E-state index in [1.165, 1.54) is 0 Å². The molecule has 1 fully saturated rings. The van der Waals surface area contributed by atoms with Gasteiger partial charge in [-0.05, 0) is 60.3 Å². The summed E-state index contributed by atoms with van der Waals surface area (Å²) in [5.74, 6) is -0.0636. The van der Waals surface area contributed by atoms with Crippen LogP contribution in [-0.2, 0) is 11.3 Å². The Morgan fingerprint density at radius 2 is 1.85 bits per heavy atom. The molecular weight excluding hydrogens is 448 g/mol. The molecule has 1 saturated heterocycles. The summed E-state index contributed by atoms with van der Waals surface area (Å²) in [6.07, 6.45) is 2.14. The first-order valence-electron chi connectivity index (χ1n) is 11.8. The van der Waals surface area contributed by atoms with Crippen molar-refractivity contribution in [2.24, 2.45) is 5.73 Å². The van der Waals surface area contributed by atoms with Gasteiger partial charge in [-0.25, -0.2) is 0 Å². The van der Waals surface area contributed by atoms with Gasteiger partial charge >= 0.3 is 0 Å². The van der Waals surface area contributed by atoms with E-state index in [2.05, 4.69) is 10.6 Å². The van der Waals surface area contributed by atoms with Crippen molar-refractivity contribution in [3.05, 3.63) is 82.9 Å². The summed E-state index contributed by atoms with van der Waals surface area (Å²) in [5.41, 5.74) is 7.28. The minimum Gasteiger partial charge on any atom is -0.350 e. The third-order valence-corrected chi connectivity index (χ3v) is 6.70. The highest BCUT2D eigenvalue weighted by Gasteiger charge is 2.30. The monoisotopic (exact) mass is 478 g/mol. The second kappa shape index (κ2) is 11.5. The molecule has 6 nitrogen and oxygen atoms in total. The van der Waals surface area contributed by atoms with E-state index < -0.39 is 0 Å². The molecule has 0 bridgehead atoms. The number of nitrogens with one attached hydrogen (secondary N) is 2. The van der Waals surface area contributed by atoms with E-state index in [1.807, 2.05) is 71.6 Å². The average Bonchev–Trinajstić information content (AvgIpc) is 3.01. The second-order valence-corrected chi connectivity index (χ2v) is 9.17. The molecule has 1 heterocycles. The Morgan fingerprint density at radius 3 is 2.65 bits per heavy atom. The number of hydrogen-bond acceptors (Lipinski definition) is 4. The van der Waals surface area contributed by atoms with Crippen molar-refractivity contribution in [2.45, 2.75) is 37.9 Å². The van der Waals surface area contributed by atoms with Crippen molar-refractivity contribution in [2.75, 3.05) is 19.6 Å². The first kappa shape index (κ1) is 24.2. The third-order valence-electron chi connectivity index (χ3n) is 6.33. The quantitative estimate of drug-likeness (QED) is 0.460. The molecule has 0 spiro atoms. The Hall–Kier alpha value is -2.93. The van der Waals surface area contributed by atoms with Crippen LogP contribution in [-0.4, -0.2) is 48.4 Å². The fourth-order valence-corrected chi connectivity index (χ4v) is 4.60. The molecule has 1 aliphatic heterocycles. The summed E-state index contributed by atoms with van der Waals surface area (Å²) < 4.78 is 0. The number of halogens is 1. The molecule has 178 valence electrons. The van der Waals surface area contributed by atoms with Crippen molar-refractivity contribution in [1.29, 1.82) is 0 Å². The maximum absolute atomic E-state index is 13.3. The van der Waals surface area contributed by atoms with Gasteiger partial charge in [0, 0.05) is 36.3 Å². The highest BCUT2D eigenvalue weighted by Crippen LogP contribution is 2.20. The van der Waals surface area contributed by atoms with Crippen LogP contribution >= 0.6 is 11.6 Å². The van der Waals surface area contributed by atoms with Gasteiger partial charge in [-0.15, -0.1) is 0 Å². The summed E-state index contributed by atoms with van der Waals surface area (Å²) in [5, 5.41) is 9.31. The second-order valence-electron chi connectivity index (χ2n) is 8.76. The molecule has 34 heavy (non-hydrogen) atoms. The molecule has 3 aromatic carbocycles. The number of nitrogens with two attached hydrogens (primary N) is 1. The average molecular weight is 479 g/mol. The van der Waals surface area contributed by atoms with Crippen LogP contribution in [0.1, 0.15) is 35.2 Å². The lowest BCUT2D eigenvalue weighted by Gasteiger charge is -2.25. The normalized spacial score (nSPS) is 18.6. The molecule has 0 aliphatic carbocycles. The predicted molar refractivity (Wildman–Crippen MR) is 137 cm³/mol. The van der Waals surface area contributed by atoms with Gasteiger partial charge in [0.1, 0.15) is 0 Å². The van der Waals surface area contributed by atoms with Crippen molar-refractivity contribution < 1.29 is 9.59 Å². The summed E-state index contributed by atoms with van der Waals surface area (Å²) >= 11 is 6.34. The standard InChI is InChI=1S/C27H31ClN4O2/c28-24-9-4-3-8-22(24)18-32-15-13-23(31-25(27(32)34)10-5-14-29)17-30-26(33)21-12-11-19-6-1-2-7-20(19)16-21/h1-4,6-9,11-12,16,23,25,31H,5,10,13-15,17-18,29H2,(H,30,33)/t23-,25-/m1/s1. The van der Waals surface area contributed by atoms with Crippen molar-refractivity contribution in [3.8, 4) is 0 Å². The van der Waals surface area contributed by atoms with Gasteiger partial charge in [0.05, 0.1) is 6.04 Å². The summed E-state index contributed by atoms with van der Waals surface area (Å²) in [4.78, 5) is 28.0. The van der Waals surface area contributed by atoms with Gasteiger partial charge in [0.25, 0.3) is 5.91 Å². The van der Waals surface area contributed by atoms with E-state index in [-0.39, 0.29) is 23.9 Å². The van der Waals surface area contributed by atoms with Gasteiger partial charge in [-0.1, -0.05) is 60.1 Å². The van der Waals surface area contributed by atoms with Crippen LogP contribution in [0.3, 0.4) is 0 Å². The minimum absolute atomic E-state index is 0.0209. The van der Waals surface area contributed by atoms with Gasteiger partial charge < -0.3 is 21.3 Å². The number of rotatable bonds is 8. The van der Waals surface area contributed by atoms with Gasteiger partial charge in [0.15, 0.2) is 0 Å². The Balaban J connectivity index is 1.42. The Morgan fingerprint density at radius 1 is 1.09 bits per heavy atom. The molecule has 2 atom stereocenters. The van der Waals surface area contributed by atoms with E-state index in [1.54, 1.807) is 0 Å². The number of carbonyl (C=O) groups is 2. The summed E-state index contributed by atoms with van der Waals surface area (Å²) in [6, 6.07) is 20.9. The molecule has 2 amide bonds. The zero-order valence-electron chi connectivity index (χ0n) is 19.2. The number of hydrogen-bond donors (Lipinski definition) is 3. The minimum atomic E-state index is -0.337. The Bertz CT molecular complexity index is 1150. The van der Waals surface area contributed by atoms with Crippen molar-refractivity contribution >= 4 is 34.2 Å². The smallest absolute Gasteiger partial charge is 0.251 e. The third kappa shape index (κ3) is 5.95. The molecule has 7 heteroatoms. The van der Waals surface area contributed by atoms with E-state index in [0.29, 0.717) is 43.2 Å². The van der Waals surface area contributed by atoms with Gasteiger partial charge in [0.2, 0.25) is 5.91 Å². The highest BCUT2D eigenvalue weighted by molar-refractivity contribution is 6.31. The number of carbonyl (C=O) groups excluding carboxylic acids is 2. The predicted octanol–water partition coefficient (Wildman–Crippen LogP) is 3.72. The first-order chi connectivity index (χ1) is 16.5. The van der Waals surface area contributed by atoms with E-state index in [4.69, 9.17) is 17.3 Å². The van der Waals surface area contributed by atoms with E-state index >= 15 is 0 Å². The fourth-order valence-electron chi connectivity index (χ4n) is 4.41. The Kier molecular flexibility index (Phi) is 8.16. The zero-order chi connectivity index (χ0) is 23.9. The molecule has 0 radical (unpaired) electrons. The Labute approximate surface area is 205 Å². The number of benzene rings is 3. The first-order valence-corrected chi connectivity index (χ1v) is 12.2. The highest BCUT2D eigenvalue weighted by atomic mass is 35.5. The summed E-state index contributed by atoms with van der Waals surface area (Å²) in [7, 11) is 0. The molecule has 0 saturated carbocycles. The topological polar surface area (TPSA) is 87.5 Å². The lowest BCUT2D eigenvalue weighted by atomic mass is 10.1. The van der Waals surface area contributed by atoms with Gasteiger partial charge in [-0.3, -0.25) is 9.59 Å². The molecule has 4 N–H and O–H groups in total. The van der Waals surface area contributed by atoms with Crippen LogP contribution in [0, 0.1) is 0 Å². The maximum atomic E-state index is 13.3. The van der Waals surface area contributed by atoms with Crippen LogP contribution in [0.2, 0.25) is 5.02 Å². The molecule has 1 aliphatic rings. The van der Waals surface area contributed by atoms with E-state index in [9.17, 15) is 9.59 Å². The van der Waals surface area contributed by atoms with Crippen LogP contribution in [0.5, 0.6) is 0 Å². The maximum Gasteiger partial charge on any atom is 0.251 e. The number of nitrogens with zero attached hydrogens (tertiary/aromatic N) is 1.